The minimum absolute atomic E-state index is 0.265. The number of nitrogens with zero attached hydrogens (tertiary/aromatic N) is 4. The Morgan fingerprint density at radius 1 is 1.69 bits per heavy atom. The molecule has 1 aliphatic rings. The van der Waals surface area contributed by atoms with Gasteiger partial charge in [0.15, 0.2) is 0 Å². The lowest BCUT2D eigenvalue weighted by Gasteiger charge is -2.31. The third-order valence-electron chi connectivity index (χ3n) is 3.00. The second kappa shape index (κ2) is 4.61. The van der Waals surface area contributed by atoms with Gasteiger partial charge in [0, 0.05) is 19.5 Å². The Kier molecular flexibility index (Phi) is 3.19. The van der Waals surface area contributed by atoms with E-state index >= 15 is 0 Å². The van der Waals surface area contributed by atoms with Crippen LogP contribution in [0.15, 0.2) is 6.33 Å². The fraction of sp³-hybridized carbons (Fsp3) is 0.700. The normalized spacial score (nSPS) is 22.2. The lowest BCUT2D eigenvalue weighted by Crippen LogP contribution is -2.40. The molecule has 16 heavy (non-hydrogen) atoms. The summed E-state index contributed by atoms with van der Waals surface area (Å²) in [6, 6.07) is 0. The number of piperidine rings is 1. The Bertz CT molecular complexity index is 375. The number of aromatic nitrogens is 3. The van der Waals surface area contributed by atoms with Gasteiger partial charge < -0.3 is 10.3 Å². The van der Waals surface area contributed by atoms with Crippen molar-refractivity contribution in [2.45, 2.75) is 18.8 Å². The van der Waals surface area contributed by atoms with Crippen molar-refractivity contribution in [2.24, 2.45) is 12.8 Å². The minimum Gasteiger partial charge on any atom is -0.369 e. The minimum atomic E-state index is -0.265. The van der Waals surface area contributed by atoms with Crippen LogP contribution >= 0.6 is 0 Å². The number of carbonyl (C=O) groups is 1. The molecular formula is C10H17N5O. The summed E-state index contributed by atoms with van der Waals surface area (Å²) < 4.78 is 1.94. The van der Waals surface area contributed by atoms with Gasteiger partial charge >= 0.3 is 0 Å². The van der Waals surface area contributed by atoms with Crippen LogP contribution in [0, 0.1) is 0 Å². The van der Waals surface area contributed by atoms with Gasteiger partial charge in [-0.3, -0.25) is 9.69 Å². The summed E-state index contributed by atoms with van der Waals surface area (Å²) in [7, 11) is 1.95. The van der Waals surface area contributed by atoms with Crippen LogP contribution in [0.2, 0.25) is 0 Å². The Balaban J connectivity index is 2.02. The van der Waals surface area contributed by atoms with E-state index in [1.165, 1.54) is 0 Å². The highest BCUT2D eigenvalue weighted by Crippen LogP contribution is 2.24. The summed E-state index contributed by atoms with van der Waals surface area (Å²) in [6.45, 7) is 2.13. The van der Waals surface area contributed by atoms with Gasteiger partial charge in [-0.15, -0.1) is 10.2 Å². The smallest absolute Gasteiger partial charge is 0.231 e. The number of likely N-dealkylation sites (tertiary alicyclic amines) is 1. The summed E-state index contributed by atoms with van der Waals surface area (Å²) >= 11 is 0. The molecule has 0 spiro atoms. The SMILES string of the molecule is Cn1cnnc1[C@H]1CCCN(CC(N)=O)C1. The second-order valence-electron chi connectivity index (χ2n) is 4.34. The molecule has 1 atom stereocenters. The van der Waals surface area contributed by atoms with Crippen LogP contribution in [0.3, 0.4) is 0 Å². The van der Waals surface area contributed by atoms with E-state index < -0.39 is 0 Å². The Morgan fingerprint density at radius 2 is 2.50 bits per heavy atom. The van der Waals surface area contributed by atoms with Crippen molar-refractivity contribution >= 4 is 5.91 Å². The molecule has 1 aromatic rings. The first-order chi connectivity index (χ1) is 7.66. The second-order valence-corrected chi connectivity index (χ2v) is 4.34. The molecule has 0 unspecified atom stereocenters. The van der Waals surface area contributed by atoms with Crippen LogP contribution in [0.1, 0.15) is 24.6 Å². The number of hydrogen-bond acceptors (Lipinski definition) is 4. The zero-order chi connectivity index (χ0) is 11.5. The summed E-state index contributed by atoms with van der Waals surface area (Å²) in [4.78, 5) is 13.0. The Morgan fingerprint density at radius 3 is 3.12 bits per heavy atom. The third-order valence-corrected chi connectivity index (χ3v) is 3.00. The summed E-state index contributed by atoms with van der Waals surface area (Å²) in [5.41, 5.74) is 5.20. The molecule has 1 saturated heterocycles. The molecule has 0 bridgehead atoms. The maximum absolute atomic E-state index is 10.9. The predicted molar refractivity (Wildman–Crippen MR) is 58.6 cm³/mol. The van der Waals surface area contributed by atoms with Crippen molar-refractivity contribution in [1.82, 2.24) is 19.7 Å². The standard InChI is InChI=1S/C10H17N5O/c1-14-7-12-13-10(14)8-3-2-4-15(5-8)6-9(11)16/h7-8H,2-6H2,1H3,(H2,11,16)/t8-/m0/s1. The van der Waals surface area contributed by atoms with Crippen LogP contribution in [0.25, 0.3) is 0 Å². The van der Waals surface area contributed by atoms with Crippen LogP contribution in [-0.2, 0) is 11.8 Å². The summed E-state index contributed by atoms with van der Waals surface area (Å²) in [5, 5.41) is 8.01. The van der Waals surface area contributed by atoms with Gasteiger partial charge in [-0.2, -0.15) is 0 Å². The molecule has 0 radical (unpaired) electrons. The number of primary amides is 1. The molecule has 1 amide bonds. The monoisotopic (exact) mass is 223 g/mol. The first kappa shape index (κ1) is 11.1. The van der Waals surface area contributed by atoms with E-state index in [0.717, 1.165) is 31.8 Å². The van der Waals surface area contributed by atoms with Crippen LogP contribution in [0.4, 0.5) is 0 Å². The van der Waals surface area contributed by atoms with Gasteiger partial charge in [-0.25, -0.2) is 0 Å². The van der Waals surface area contributed by atoms with Crippen molar-refractivity contribution in [3.8, 4) is 0 Å². The zero-order valence-corrected chi connectivity index (χ0v) is 9.46. The molecule has 1 aliphatic heterocycles. The van der Waals surface area contributed by atoms with Gasteiger partial charge in [-0.05, 0) is 19.4 Å². The molecule has 2 N–H and O–H groups in total. The molecule has 0 aromatic carbocycles. The molecule has 0 aliphatic carbocycles. The van der Waals surface area contributed by atoms with Crippen molar-refractivity contribution in [1.29, 1.82) is 0 Å². The van der Waals surface area contributed by atoms with Gasteiger partial charge in [0.1, 0.15) is 12.2 Å². The molecule has 0 saturated carbocycles. The highest BCUT2D eigenvalue weighted by atomic mass is 16.1. The maximum Gasteiger partial charge on any atom is 0.231 e. The lowest BCUT2D eigenvalue weighted by molar-refractivity contribution is -0.119. The zero-order valence-electron chi connectivity index (χ0n) is 9.46. The fourth-order valence-corrected chi connectivity index (χ4v) is 2.29. The highest BCUT2D eigenvalue weighted by Gasteiger charge is 2.25. The molecular weight excluding hydrogens is 206 g/mol. The number of nitrogens with two attached hydrogens (primary N) is 1. The number of aryl methyl sites for hydroxylation is 1. The quantitative estimate of drug-likeness (QED) is 0.748. The molecule has 1 fully saturated rings. The van der Waals surface area contributed by atoms with E-state index in [2.05, 4.69) is 15.1 Å². The van der Waals surface area contributed by atoms with Crippen LogP contribution in [-0.4, -0.2) is 45.2 Å². The third kappa shape index (κ3) is 2.38. The van der Waals surface area contributed by atoms with Crippen molar-refractivity contribution in [3.05, 3.63) is 12.2 Å². The summed E-state index contributed by atoms with van der Waals surface area (Å²) in [5.74, 6) is 1.09. The van der Waals surface area contributed by atoms with Crippen LogP contribution in [0.5, 0.6) is 0 Å². The van der Waals surface area contributed by atoms with Gasteiger partial charge in [0.25, 0.3) is 0 Å². The first-order valence-corrected chi connectivity index (χ1v) is 5.51. The number of carbonyl (C=O) groups excluding carboxylic acids is 1. The average molecular weight is 223 g/mol. The molecule has 6 heteroatoms. The van der Waals surface area contributed by atoms with Crippen molar-refractivity contribution < 1.29 is 4.79 Å². The largest absolute Gasteiger partial charge is 0.369 e. The van der Waals surface area contributed by atoms with Gasteiger partial charge in [0.2, 0.25) is 5.91 Å². The topological polar surface area (TPSA) is 77.0 Å². The number of rotatable bonds is 3. The number of hydrogen-bond donors (Lipinski definition) is 1. The van der Waals surface area contributed by atoms with E-state index in [9.17, 15) is 4.79 Å². The van der Waals surface area contributed by atoms with Crippen molar-refractivity contribution in [3.63, 3.8) is 0 Å². The first-order valence-electron chi connectivity index (χ1n) is 5.51. The fourth-order valence-electron chi connectivity index (χ4n) is 2.29. The van der Waals surface area contributed by atoms with E-state index in [0.29, 0.717) is 12.5 Å². The van der Waals surface area contributed by atoms with Gasteiger partial charge in [-0.1, -0.05) is 0 Å². The van der Waals surface area contributed by atoms with E-state index in [1.807, 2.05) is 11.6 Å². The molecule has 2 rings (SSSR count). The molecule has 1 aromatic heterocycles. The number of amides is 1. The highest BCUT2D eigenvalue weighted by molar-refractivity contribution is 5.75. The van der Waals surface area contributed by atoms with Crippen molar-refractivity contribution in [2.75, 3.05) is 19.6 Å². The summed E-state index contributed by atoms with van der Waals surface area (Å²) in [6.07, 6.45) is 3.88. The lowest BCUT2D eigenvalue weighted by atomic mass is 9.97. The predicted octanol–water partition coefficient (Wildman–Crippen LogP) is -0.520. The molecule has 88 valence electrons. The van der Waals surface area contributed by atoms with Crippen LogP contribution < -0.4 is 5.73 Å². The van der Waals surface area contributed by atoms with Gasteiger partial charge in [0.05, 0.1) is 6.54 Å². The molecule has 6 nitrogen and oxygen atoms in total. The molecule has 2 heterocycles. The van der Waals surface area contributed by atoms with E-state index in [-0.39, 0.29) is 5.91 Å². The Labute approximate surface area is 94.4 Å². The average Bonchev–Trinajstić information content (AvgIpc) is 2.64. The van der Waals surface area contributed by atoms with E-state index in [4.69, 9.17) is 5.73 Å². The maximum atomic E-state index is 10.9. The van der Waals surface area contributed by atoms with E-state index in [1.54, 1.807) is 6.33 Å². The Hall–Kier alpha value is -1.43.